The summed E-state index contributed by atoms with van der Waals surface area (Å²) in [7, 11) is 5.94. The van der Waals surface area contributed by atoms with Gasteiger partial charge in [-0.05, 0) is 35.3 Å². The second-order valence-electron chi connectivity index (χ2n) is 7.39. The second kappa shape index (κ2) is 8.87. The van der Waals surface area contributed by atoms with Crippen molar-refractivity contribution in [3.63, 3.8) is 0 Å². The Morgan fingerprint density at radius 1 is 1.00 bits per heavy atom. The SMILES string of the molecule is CN(Cc1ccc(N(C)C)cc1)C(=O)CN1CC=C(c2ccccc2)CC1. The van der Waals surface area contributed by atoms with Gasteiger partial charge in [-0.25, -0.2) is 0 Å². The molecule has 3 rings (SSSR count). The predicted molar refractivity (Wildman–Crippen MR) is 113 cm³/mol. The first-order chi connectivity index (χ1) is 13.0. The molecule has 1 aliphatic rings. The number of nitrogens with zero attached hydrogens (tertiary/aromatic N) is 3. The average Bonchev–Trinajstić information content (AvgIpc) is 2.69. The lowest BCUT2D eigenvalue weighted by Crippen LogP contribution is -2.39. The summed E-state index contributed by atoms with van der Waals surface area (Å²) < 4.78 is 0. The smallest absolute Gasteiger partial charge is 0.236 e. The number of hydrogen-bond acceptors (Lipinski definition) is 3. The minimum absolute atomic E-state index is 0.170. The minimum Gasteiger partial charge on any atom is -0.378 e. The molecule has 27 heavy (non-hydrogen) atoms. The Labute approximate surface area is 162 Å². The van der Waals surface area contributed by atoms with Gasteiger partial charge < -0.3 is 9.80 Å². The van der Waals surface area contributed by atoms with Gasteiger partial charge in [0.2, 0.25) is 5.91 Å². The third-order valence-corrected chi connectivity index (χ3v) is 5.09. The number of amides is 1. The molecular formula is C23H29N3O. The second-order valence-corrected chi connectivity index (χ2v) is 7.39. The number of carbonyl (C=O) groups is 1. The van der Waals surface area contributed by atoms with Gasteiger partial charge in [0.15, 0.2) is 0 Å². The fourth-order valence-electron chi connectivity index (χ4n) is 3.34. The van der Waals surface area contributed by atoms with Crippen LogP contribution in [0.3, 0.4) is 0 Å². The van der Waals surface area contributed by atoms with Gasteiger partial charge in [0.05, 0.1) is 6.54 Å². The summed E-state index contributed by atoms with van der Waals surface area (Å²) in [5.41, 5.74) is 5.00. The van der Waals surface area contributed by atoms with Crippen molar-refractivity contribution in [2.45, 2.75) is 13.0 Å². The van der Waals surface area contributed by atoms with Crippen molar-refractivity contribution in [2.24, 2.45) is 0 Å². The normalized spacial score (nSPS) is 14.6. The van der Waals surface area contributed by atoms with E-state index in [1.54, 1.807) is 0 Å². The van der Waals surface area contributed by atoms with E-state index >= 15 is 0 Å². The number of benzene rings is 2. The molecule has 0 saturated heterocycles. The summed E-state index contributed by atoms with van der Waals surface area (Å²) in [5.74, 6) is 0.170. The number of carbonyl (C=O) groups excluding carboxylic acids is 1. The fourth-order valence-corrected chi connectivity index (χ4v) is 3.34. The highest BCUT2D eigenvalue weighted by atomic mass is 16.2. The van der Waals surface area contributed by atoms with Gasteiger partial charge >= 0.3 is 0 Å². The van der Waals surface area contributed by atoms with Gasteiger partial charge in [-0.15, -0.1) is 0 Å². The van der Waals surface area contributed by atoms with Crippen LogP contribution in [0.5, 0.6) is 0 Å². The van der Waals surface area contributed by atoms with Crippen LogP contribution in [-0.4, -0.2) is 56.5 Å². The summed E-state index contributed by atoms with van der Waals surface area (Å²) in [6.07, 6.45) is 3.25. The molecule has 0 aromatic heterocycles. The lowest BCUT2D eigenvalue weighted by Gasteiger charge is -2.28. The zero-order valence-electron chi connectivity index (χ0n) is 16.6. The van der Waals surface area contributed by atoms with E-state index in [0.29, 0.717) is 13.1 Å². The number of hydrogen-bond donors (Lipinski definition) is 0. The van der Waals surface area contributed by atoms with E-state index in [0.717, 1.165) is 25.1 Å². The Bertz CT molecular complexity index is 781. The minimum atomic E-state index is 0.170. The van der Waals surface area contributed by atoms with E-state index in [2.05, 4.69) is 64.4 Å². The van der Waals surface area contributed by atoms with Crippen molar-refractivity contribution >= 4 is 17.2 Å². The molecule has 0 bridgehead atoms. The summed E-state index contributed by atoms with van der Waals surface area (Å²) in [6.45, 7) is 2.88. The van der Waals surface area contributed by atoms with Crippen molar-refractivity contribution in [3.05, 3.63) is 71.8 Å². The summed E-state index contributed by atoms with van der Waals surface area (Å²) in [6, 6.07) is 18.9. The van der Waals surface area contributed by atoms with Gasteiger partial charge in [0, 0.05) is 46.5 Å². The van der Waals surface area contributed by atoms with Crippen LogP contribution in [0.4, 0.5) is 5.69 Å². The van der Waals surface area contributed by atoms with Crippen LogP contribution in [-0.2, 0) is 11.3 Å². The largest absolute Gasteiger partial charge is 0.378 e. The van der Waals surface area contributed by atoms with E-state index in [4.69, 9.17) is 0 Å². The van der Waals surface area contributed by atoms with Crippen LogP contribution in [0.25, 0.3) is 5.57 Å². The number of rotatable bonds is 6. The maximum Gasteiger partial charge on any atom is 0.236 e. The van der Waals surface area contributed by atoms with Crippen LogP contribution in [0.2, 0.25) is 0 Å². The van der Waals surface area contributed by atoms with Gasteiger partial charge in [0.1, 0.15) is 0 Å². The van der Waals surface area contributed by atoms with Crippen molar-refractivity contribution < 1.29 is 4.79 Å². The van der Waals surface area contributed by atoms with E-state index in [-0.39, 0.29) is 5.91 Å². The van der Waals surface area contributed by atoms with Gasteiger partial charge in [-0.2, -0.15) is 0 Å². The molecule has 0 fully saturated rings. The van der Waals surface area contributed by atoms with E-state index in [9.17, 15) is 4.79 Å². The Hall–Kier alpha value is -2.59. The van der Waals surface area contributed by atoms with Crippen molar-refractivity contribution in [2.75, 3.05) is 45.7 Å². The van der Waals surface area contributed by atoms with Crippen molar-refractivity contribution in [1.29, 1.82) is 0 Å². The van der Waals surface area contributed by atoms with E-state index < -0.39 is 0 Å². The molecular weight excluding hydrogens is 334 g/mol. The highest BCUT2D eigenvalue weighted by Gasteiger charge is 2.18. The summed E-state index contributed by atoms with van der Waals surface area (Å²) >= 11 is 0. The molecule has 1 aliphatic heterocycles. The van der Waals surface area contributed by atoms with Gasteiger partial charge in [-0.1, -0.05) is 48.5 Å². The molecule has 0 atom stereocenters. The molecule has 0 radical (unpaired) electrons. The molecule has 2 aromatic rings. The molecule has 0 spiro atoms. The third-order valence-electron chi connectivity index (χ3n) is 5.09. The standard InChI is InChI=1S/C23H29N3O/c1-24(2)22-11-9-19(10-12-22)17-25(3)23(27)18-26-15-13-21(14-16-26)20-7-5-4-6-8-20/h4-13H,14-18H2,1-3H3. The first-order valence-corrected chi connectivity index (χ1v) is 9.50. The van der Waals surface area contributed by atoms with Crippen LogP contribution < -0.4 is 4.90 Å². The molecule has 4 heteroatoms. The first kappa shape index (κ1) is 19.2. The predicted octanol–water partition coefficient (Wildman–Crippen LogP) is 3.50. The molecule has 0 saturated carbocycles. The molecule has 0 unspecified atom stereocenters. The number of anilines is 1. The molecule has 142 valence electrons. The Morgan fingerprint density at radius 3 is 2.30 bits per heavy atom. The lowest BCUT2D eigenvalue weighted by atomic mass is 9.99. The fraction of sp³-hybridized carbons (Fsp3) is 0.348. The van der Waals surface area contributed by atoms with Crippen LogP contribution >= 0.6 is 0 Å². The summed E-state index contributed by atoms with van der Waals surface area (Å²) in [5, 5.41) is 0. The average molecular weight is 364 g/mol. The Morgan fingerprint density at radius 2 is 1.70 bits per heavy atom. The first-order valence-electron chi connectivity index (χ1n) is 9.50. The van der Waals surface area contributed by atoms with Crippen molar-refractivity contribution in [1.82, 2.24) is 9.80 Å². The molecule has 1 amide bonds. The zero-order chi connectivity index (χ0) is 19.2. The Kier molecular flexibility index (Phi) is 6.30. The topological polar surface area (TPSA) is 26.8 Å². The zero-order valence-corrected chi connectivity index (χ0v) is 16.6. The van der Waals surface area contributed by atoms with Gasteiger partial charge in [0.25, 0.3) is 0 Å². The van der Waals surface area contributed by atoms with Crippen LogP contribution in [0.1, 0.15) is 17.5 Å². The van der Waals surface area contributed by atoms with Crippen LogP contribution in [0, 0.1) is 0 Å². The molecule has 1 heterocycles. The molecule has 2 aromatic carbocycles. The van der Waals surface area contributed by atoms with Gasteiger partial charge in [-0.3, -0.25) is 9.69 Å². The quantitative estimate of drug-likeness (QED) is 0.786. The number of likely N-dealkylation sites (N-methyl/N-ethyl adjacent to an activating group) is 1. The molecule has 4 nitrogen and oxygen atoms in total. The highest BCUT2D eigenvalue weighted by Crippen LogP contribution is 2.22. The monoisotopic (exact) mass is 363 g/mol. The third kappa shape index (κ3) is 5.20. The molecule has 0 aliphatic carbocycles. The lowest BCUT2D eigenvalue weighted by molar-refractivity contribution is -0.131. The van der Waals surface area contributed by atoms with E-state index in [1.165, 1.54) is 16.8 Å². The molecule has 0 N–H and O–H groups in total. The highest BCUT2D eigenvalue weighted by molar-refractivity contribution is 5.78. The van der Waals surface area contributed by atoms with E-state index in [1.807, 2.05) is 32.1 Å². The Balaban J connectivity index is 1.51. The maximum atomic E-state index is 12.6. The summed E-state index contributed by atoms with van der Waals surface area (Å²) in [4.78, 5) is 18.7. The van der Waals surface area contributed by atoms with Crippen LogP contribution in [0.15, 0.2) is 60.7 Å². The maximum absolute atomic E-state index is 12.6. The van der Waals surface area contributed by atoms with Crippen molar-refractivity contribution in [3.8, 4) is 0 Å².